The number of hydrogen-bond acceptors (Lipinski definition) is 2. The number of carbonyl (C=O) groups is 1. The van der Waals surface area contributed by atoms with E-state index < -0.39 is 5.97 Å². The van der Waals surface area contributed by atoms with Crippen molar-refractivity contribution in [3.63, 3.8) is 0 Å². The molecule has 1 aromatic carbocycles. The highest BCUT2D eigenvalue weighted by molar-refractivity contribution is 5.85. The Morgan fingerprint density at radius 1 is 1.47 bits per heavy atom. The summed E-state index contributed by atoms with van der Waals surface area (Å²) >= 11 is 0. The van der Waals surface area contributed by atoms with E-state index in [4.69, 9.17) is 9.84 Å². The van der Waals surface area contributed by atoms with Gasteiger partial charge >= 0.3 is 5.97 Å². The number of hydrogen-bond donors (Lipinski definition) is 1. The lowest BCUT2D eigenvalue weighted by Crippen LogP contribution is -1.97. The largest absolute Gasteiger partial charge is 0.494 e. The average molecular weight is 234 g/mol. The van der Waals surface area contributed by atoms with Crippen molar-refractivity contribution in [1.82, 2.24) is 0 Å². The van der Waals surface area contributed by atoms with Crippen molar-refractivity contribution in [2.75, 3.05) is 6.61 Å². The smallest absolute Gasteiger partial charge is 0.328 e. The van der Waals surface area contributed by atoms with Crippen LogP contribution in [0.4, 0.5) is 0 Å². The Morgan fingerprint density at radius 3 is 2.88 bits per heavy atom. The lowest BCUT2D eigenvalue weighted by Gasteiger charge is -2.07. The number of aliphatic carboxylic acids is 1. The van der Waals surface area contributed by atoms with Gasteiger partial charge in [-0.1, -0.05) is 19.4 Å². The lowest BCUT2D eigenvalue weighted by molar-refractivity contribution is -0.131. The third-order valence-corrected chi connectivity index (χ3v) is 2.42. The first-order chi connectivity index (χ1) is 8.13. The molecule has 0 aliphatic heterocycles. The minimum atomic E-state index is -0.943. The maximum absolute atomic E-state index is 10.5. The standard InChI is InChI=1S/C14H18O3/c1-3-4-9-17-13-7-5-11(2)12(10-13)6-8-14(15)16/h5-8,10H,3-4,9H2,1-2H3,(H,15,16)/b8-6+. The highest BCUT2D eigenvalue weighted by atomic mass is 16.5. The van der Waals surface area contributed by atoms with Crippen molar-refractivity contribution in [3.05, 3.63) is 35.4 Å². The second-order valence-electron chi connectivity index (χ2n) is 3.89. The molecular formula is C14H18O3. The van der Waals surface area contributed by atoms with Crippen molar-refractivity contribution in [2.45, 2.75) is 26.7 Å². The zero-order chi connectivity index (χ0) is 12.7. The second-order valence-corrected chi connectivity index (χ2v) is 3.89. The molecule has 0 fully saturated rings. The van der Waals surface area contributed by atoms with Gasteiger partial charge in [0.15, 0.2) is 0 Å². The van der Waals surface area contributed by atoms with Crippen LogP contribution < -0.4 is 4.74 Å². The summed E-state index contributed by atoms with van der Waals surface area (Å²) in [5, 5.41) is 8.59. The van der Waals surface area contributed by atoms with Crippen LogP contribution in [-0.2, 0) is 4.79 Å². The minimum Gasteiger partial charge on any atom is -0.494 e. The number of benzene rings is 1. The Kier molecular flexibility index (Phi) is 5.27. The fourth-order valence-corrected chi connectivity index (χ4v) is 1.38. The Labute approximate surface area is 102 Å². The van der Waals surface area contributed by atoms with Crippen molar-refractivity contribution < 1.29 is 14.6 Å². The van der Waals surface area contributed by atoms with Crippen LogP contribution >= 0.6 is 0 Å². The quantitative estimate of drug-likeness (QED) is 0.607. The molecular weight excluding hydrogens is 216 g/mol. The van der Waals surface area contributed by atoms with Gasteiger partial charge in [0.1, 0.15) is 5.75 Å². The minimum absolute atomic E-state index is 0.696. The number of ether oxygens (including phenoxy) is 1. The van der Waals surface area contributed by atoms with E-state index in [0.717, 1.165) is 35.8 Å². The Hall–Kier alpha value is -1.77. The highest BCUT2D eigenvalue weighted by Gasteiger charge is 1.99. The van der Waals surface area contributed by atoms with Crippen LogP contribution in [-0.4, -0.2) is 17.7 Å². The molecule has 0 saturated carbocycles. The van der Waals surface area contributed by atoms with Gasteiger partial charge in [-0.3, -0.25) is 0 Å². The van der Waals surface area contributed by atoms with E-state index in [-0.39, 0.29) is 0 Å². The van der Waals surface area contributed by atoms with E-state index in [1.165, 1.54) is 0 Å². The van der Waals surface area contributed by atoms with Crippen LogP contribution in [0.3, 0.4) is 0 Å². The number of carboxylic acid groups (broad SMARTS) is 1. The Bertz CT molecular complexity index is 408. The molecule has 0 radical (unpaired) electrons. The summed E-state index contributed by atoms with van der Waals surface area (Å²) in [5.41, 5.74) is 1.91. The highest BCUT2D eigenvalue weighted by Crippen LogP contribution is 2.19. The molecule has 0 aliphatic rings. The molecule has 0 aromatic heterocycles. The third kappa shape index (κ3) is 4.72. The monoisotopic (exact) mass is 234 g/mol. The fourth-order valence-electron chi connectivity index (χ4n) is 1.38. The van der Waals surface area contributed by atoms with Crippen molar-refractivity contribution in [2.24, 2.45) is 0 Å². The molecule has 3 heteroatoms. The number of unbranched alkanes of at least 4 members (excludes halogenated alkanes) is 1. The molecule has 3 nitrogen and oxygen atoms in total. The van der Waals surface area contributed by atoms with E-state index >= 15 is 0 Å². The van der Waals surface area contributed by atoms with Gasteiger partial charge in [-0.2, -0.15) is 0 Å². The maximum Gasteiger partial charge on any atom is 0.328 e. The molecule has 17 heavy (non-hydrogen) atoms. The van der Waals surface area contributed by atoms with Gasteiger partial charge in [-0.25, -0.2) is 4.79 Å². The van der Waals surface area contributed by atoms with Gasteiger partial charge in [0.25, 0.3) is 0 Å². The van der Waals surface area contributed by atoms with E-state index in [2.05, 4.69) is 6.92 Å². The zero-order valence-electron chi connectivity index (χ0n) is 10.3. The molecule has 0 heterocycles. The molecule has 92 valence electrons. The van der Waals surface area contributed by atoms with Crippen LogP contribution in [0.15, 0.2) is 24.3 Å². The van der Waals surface area contributed by atoms with E-state index in [1.807, 2.05) is 25.1 Å². The predicted molar refractivity (Wildman–Crippen MR) is 68.3 cm³/mol. The summed E-state index contributed by atoms with van der Waals surface area (Å²) in [6.07, 6.45) is 4.84. The van der Waals surface area contributed by atoms with E-state index in [9.17, 15) is 4.79 Å². The first kappa shape index (κ1) is 13.3. The molecule has 0 amide bonds. The van der Waals surface area contributed by atoms with Crippen LogP contribution in [0.5, 0.6) is 5.75 Å². The molecule has 0 unspecified atom stereocenters. The maximum atomic E-state index is 10.5. The van der Waals surface area contributed by atoms with Crippen molar-refractivity contribution >= 4 is 12.0 Å². The van der Waals surface area contributed by atoms with Gasteiger partial charge in [-0.15, -0.1) is 0 Å². The third-order valence-electron chi connectivity index (χ3n) is 2.42. The van der Waals surface area contributed by atoms with Gasteiger partial charge in [0, 0.05) is 6.08 Å². The molecule has 1 aromatic rings. The van der Waals surface area contributed by atoms with E-state index in [0.29, 0.717) is 6.61 Å². The summed E-state index contributed by atoms with van der Waals surface area (Å²) in [7, 11) is 0. The summed E-state index contributed by atoms with van der Waals surface area (Å²) in [6, 6.07) is 5.70. The molecule has 0 aliphatic carbocycles. The predicted octanol–water partition coefficient (Wildman–Crippen LogP) is 3.27. The Morgan fingerprint density at radius 2 is 2.24 bits per heavy atom. The fraction of sp³-hybridized carbons (Fsp3) is 0.357. The van der Waals surface area contributed by atoms with Gasteiger partial charge in [0.05, 0.1) is 6.61 Å². The Balaban J connectivity index is 2.75. The topological polar surface area (TPSA) is 46.5 Å². The van der Waals surface area contributed by atoms with Crippen LogP contribution in [0, 0.1) is 6.92 Å². The number of rotatable bonds is 6. The van der Waals surface area contributed by atoms with E-state index in [1.54, 1.807) is 6.08 Å². The second kappa shape index (κ2) is 6.74. The van der Waals surface area contributed by atoms with Gasteiger partial charge in [-0.05, 0) is 42.7 Å². The summed E-state index contributed by atoms with van der Waals surface area (Å²) in [4.78, 5) is 10.5. The zero-order valence-corrected chi connectivity index (χ0v) is 10.3. The van der Waals surface area contributed by atoms with Gasteiger partial charge in [0.2, 0.25) is 0 Å². The van der Waals surface area contributed by atoms with Gasteiger partial charge < -0.3 is 9.84 Å². The number of aryl methyl sites for hydroxylation is 1. The summed E-state index contributed by atoms with van der Waals surface area (Å²) in [5.74, 6) is -0.157. The van der Waals surface area contributed by atoms with Crippen molar-refractivity contribution in [3.8, 4) is 5.75 Å². The average Bonchev–Trinajstić information content (AvgIpc) is 2.29. The molecule has 1 N–H and O–H groups in total. The van der Waals surface area contributed by atoms with Crippen molar-refractivity contribution in [1.29, 1.82) is 0 Å². The van der Waals surface area contributed by atoms with Crippen LogP contribution in [0.1, 0.15) is 30.9 Å². The molecule has 0 saturated heterocycles. The lowest BCUT2D eigenvalue weighted by atomic mass is 10.1. The molecule has 1 rings (SSSR count). The number of carboxylic acids is 1. The SMILES string of the molecule is CCCCOc1ccc(C)c(/C=C/C(=O)O)c1. The normalized spacial score (nSPS) is 10.7. The summed E-state index contributed by atoms with van der Waals surface area (Å²) in [6.45, 7) is 4.75. The molecule has 0 spiro atoms. The summed E-state index contributed by atoms with van der Waals surface area (Å²) < 4.78 is 5.57. The molecule has 0 bridgehead atoms. The first-order valence-electron chi connectivity index (χ1n) is 5.78. The van der Waals surface area contributed by atoms with Crippen LogP contribution in [0.25, 0.3) is 6.08 Å². The molecule has 0 atom stereocenters. The first-order valence-corrected chi connectivity index (χ1v) is 5.78. The van der Waals surface area contributed by atoms with Crippen LogP contribution in [0.2, 0.25) is 0 Å².